The van der Waals surface area contributed by atoms with Crippen molar-refractivity contribution in [2.24, 2.45) is 0 Å². The zero-order valence-electron chi connectivity index (χ0n) is 11.0. The molecule has 6 nitrogen and oxygen atoms in total. The van der Waals surface area contributed by atoms with Gasteiger partial charge in [0.15, 0.2) is 0 Å². The van der Waals surface area contributed by atoms with Crippen molar-refractivity contribution in [2.75, 3.05) is 25.5 Å². The second-order valence-electron chi connectivity index (χ2n) is 4.75. The maximum atomic E-state index is 12.7. The molecule has 0 saturated carbocycles. The van der Waals surface area contributed by atoms with Crippen LogP contribution < -0.4 is 5.73 Å². The summed E-state index contributed by atoms with van der Waals surface area (Å²) in [7, 11) is -3.75. The third-order valence-corrected chi connectivity index (χ3v) is 5.66. The summed E-state index contributed by atoms with van der Waals surface area (Å²) in [6.45, 7) is 1.85. The average Bonchev–Trinajstić information content (AvgIpc) is 2.38. The van der Waals surface area contributed by atoms with Crippen LogP contribution in [0.1, 0.15) is 6.92 Å². The quantitative estimate of drug-likeness (QED) is 0.799. The molecular formula is C12H17ClN2O4S. The molecule has 2 rings (SSSR count). The molecule has 3 N–H and O–H groups in total. The minimum absolute atomic E-state index is 0.0128. The van der Waals surface area contributed by atoms with Gasteiger partial charge in [-0.3, -0.25) is 0 Å². The number of morpholine rings is 1. The molecule has 2 unspecified atom stereocenters. The summed E-state index contributed by atoms with van der Waals surface area (Å²) in [6.07, 6.45) is -0.520. The predicted octanol–water partition coefficient (Wildman–Crippen LogP) is 0.693. The van der Waals surface area contributed by atoms with Crippen LogP contribution in [-0.4, -0.2) is 49.7 Å². The number of hydrogen-bond acceptors (Lipinski definition) is 5. The molecule has 0 bridgehead atoms. The van der Waals surface area contributed by atoms with Crippen LogP contribution in [-0.2, 0) is 14.8 Å². The second-order valence-corrected chi connectivity index (χ2v) is 7.02. The Labute approximate surface area is 123 Å². The molecule has 20 heavy (non-hydrogen) atoms. The minimum atomic E-state index is -3.75. The monoisotopic (exact) mass is 320 g/mol. The number of nitrogens with two attached hydrogens (primary N) is 1. The van der Waals surface area contributed by atoms with E-state index in [1.54, 1.807) is 6.92 Å². The van der Waals surface area contributed by atoms with Crippen molar-refractivity contribution >= 4 is 27.3 Å². The molecule has 0 radical (unpaired) electrons. The third kappa shape index (κ3) is 2.91. The molecule has 8 heteroatoms. The highest BCUT2D eigenvalue weighted by molar-refractivity contribution is 7.89. The highest BCUT2D eigenvalue weighted by atomic mass is 35.5. The lowest BCUT2D eigenvalue weighted by molar-refractivity contribution is -0.0516. The Bertz CT molecular complexity index is 593. The van der Waals surface area contributed by atoms with E-state index in [1.807, 2.05) is 0 Å². The summed E-state index contributed by atoms with van der Waals surface area (Å²) in [5.41, 5.74) is 5.97. The molecule has 1 aliphatic heterocycles. The lowest BCUT2D eigenvalue weighted by Crippen LogP contribution is -2.51. The molecule has 1 aliphatic rings. The SMILES string of the molecule is CC1COC(CO)CN1S(=O)(=O)c1ccc(N)cc1Cl. The molecule has 1 saturated heterocycles. The van der Waals surface area contributed by atoms with Gasteiger partial charge >= 0.3 is 0 Å². The van der Waals surface area contributed by atoms with E-state index >= 15 is 0 Å². The molecule has 1 aromatic carbocycles. The fourth-order valence-electron chi connectivity index (χ4n) is 2.09. The first-order chi connectivity index (χ1) is 9.36. The Kier molecular flexibility index (Phi) is 4.55. The Morgan fingerprint density at radius 2 is 2.25 bits per heavy atom. The van der Waals surface area contributed by atoms with Crippen LogP contribution in [0.3, 0.4) is 0 Å². The second kappa shape index (κ2) is 5.87. The van der Waals surface area contributed by atoms with Crippen LogP contribution >= 0.6 is 11.6 Å². The minimum Gasteiger partial charge on any atom is -0.399 e. The summed E-state index contributed by atoms with van der Waals surface area (Å²) in [5.74, 6) is 0. The highest BCUT2D eigenvalue weighted by Crippen LogP contribution is 2.29. The lowest BCUT2D eigenvalue weighted by atomic mass is 10.2. The molecule has 1 aromatic rings. The number of anilines is 1. The number of rotatable bonds is 3. The number of nitrogen functional groups attached to an aromatic ring is 1. The van der Waals surface area contributed by atoms with Crippen molar-refractivity contribution in [1.29, 1.82) is 0 Å². The Balaban J connectivity index is 2.38. The summed E-state index contributed by atoms with van der Waals surface area (Å²) < 4.78 is 32.0. The zero-order chi connectivity index (χ0) is 14.9. The van der Waals surface area contributed by atoms with Crippen molar-refractivity contribution < 1.29 is 18.3 Å². The normalized spacial score (nSPS) is 24.8. The molecule has 1 fully saturated rings. The van der Waals surface area contributed by atoms with Crippen LogP contribution in [0.15, 0.2) is 23.1 Å². The molecule has 112 valence electrons. The molecule has 0 spiro atoms. The lowest BCUT2D eigenvalue weighted by Gasteiger charge is -2.36. The molecule has 0 amide bonds. The number of aliphatic hydroxyl groups is 1. The van der Waals surface area contributed by atoms with Crippen molar-refractivity contribution in [2.45, 2.75) is 24.0 Å². The maximum absolute atomic E-state index is 12.7. The summed E-state index contributed by atoms with van der Waals surface area (Å²) in [5, 5.41) is 9.22. The van der Waals surface area contributed by atoms with Gasteiger partial charge in [0.2, 0.25) is 10.0 Å². The number of hydrogen-bond donors (Lipinski definition) is 2. The van der Waals surface area contributed by atoms with Crippen LogP contribution in [0.5, 0.6) is 0 Å². The molecular weight excluding hydrogens is 304 g/mol. The number of benzene rings is 1. The fraction of sp³-hybridized carbons (Fsp3) is 0.500. The first-order valence-corrected chi connectivity index (χ1v) is 7.97. The maximum Gasteiger partial charge on any atom is 0.244 e. The topological polar surface area (TPSA) is 92.9 Å². The largest absolute Gasteiger partial charge is 0.399 e. The van der Waals surface area contributed by atoms with Crippen LogP contribution in [0.2, 0.25) is 5.02 Å². The van der Waals surface area contributed by atoms with Gasteiger partial charge in [-0.25, -0.2) is 8.42 Å². The van der Waals surface area contributed by atoms with E-state index in [1.165, 1.54) is 22.5 Å². The van der Waals surface area contributed by atoms with Crippen LogP contribution in [0.4, 0.5) is 5.69 Å². The van der Waals surface area contributed by atoms with E-state index in [0.29, 0.717) is 5.69 Å². The Morgan fingerprint density at radius 1 is 1.55 bits per heavy atom. The summed E-state index contributed by atoms with van der Waals surface area (Å²) in [6, 6.07) is 3.97. The number of nitrogens with zero attached hydrogens (tertiary/aromatic N) is 1. The van der Waals surface area contributed by atoms with Crippen molar-refractivity contribution in [1.82, 2.24) is 4.31 Å². The van der Waals surface area contributed by atoms with Gasteiger partial charge in [0.1, 0.15) is 4.90 Å². The van der Waals surface area contributed by atoms with E-state index < -0.39 is 16.1 Å². The van der Waals surface area contributed by atoms with E-state index in [0.717, 1.165) is 0 Å². The number of sulfonamides is 1. The van der Waals surface area contributed by atoms with E-state index in [-0.39, 0.29) is 35.7 Å². The predicted molar refractivity (Wildman–Crippen MR) is 76.0 cm³/mol. The summed E-state index contributed by atoms with van der Waals surface area (Å²) >= 11 is 5.98. The van der Waals surface area contributed by atoms with Crippen LogP contribution in [0.25, 0.3) is 0 Å². The van der Waals surface area contributed by atoms with Crippen molar-refractivity contribution in [3.63, 3.8) is 0 Å². The Morgan fingerprint density at radius 3 is 2.85 bits per heavy atom. The van der Waals surface area contributed by atoms with Gasteiger partial charge in [-0.1, -0.05) is 11.6 Å². The van der Waals surface area contributed by atoms with E-state index in [9.17, 15) is 8.42 Å². The first kappa shape index (κ1) is 15.5. The Hall–Kier alpha value is -0.860. The third-order valence-electron chi connectivity index (χ3n) is 3.19. The molecule has 0 aromatic heterocycles. The van der Waals surface area contributed by atoms with Gasteiger partial charge in [0.25, 0.3) is 0 Å². The summed E-state index contributed by atoms with van der Waals surface area (Å²) in [4.78, 5) is 0.0128. The van der Waals surface area contributed by atoms with Gasteiger partial charge < -0.3 is 15.6 Å². The van der Waals surface area contributed by atoms with Crippen molar-refractivity contribution in [3.8, 4) is 0 Å². The van der Waals surface area contributed by atoms with Gasteiger partial charge in [0, 0.05) is 18.3 Å². The van der Waals surface area contributed by atoms with Crippen LogP contribution in [0, 0.1) is 0 Å². The molecule has 2 atom stereocenters. The zero-order valence-corrected chi connectivity index (χ0v) is 12.6. The highest BCUT2D eigenvalue weighted by Gasteiger charge is 2.36. The van der Waals surface area contributed by atoms with E-state index in [2.05, 4.69) is 0 Å². The first-order valence-electron chi connectivity index (χ1n) is 6.15. The number of halogens is 1. The average molecular weight is 321 g/mol. The van der Waals surface area contributed by atoms with Gasteiger partial charge in [-0.05, 0) is 25.1 Å². The van der Waals surface area contributed by atoms with E-state index in [4.69, 9.17) is 27.2 Å². The van der Waals surface area contributed by atoms with Gasteiger partial charge in [-0.15, -0.1) is 0 Å². The van der Waals surface area contributed by atoms with Gasteiger partial charge in [-0.2, -0.15) is 4.31 Å². The number of aliphatic hydroxyl groups excluding tert-OH is 1. The smallest absolute Gasteiger partial charge is 0.244 e. The number of ether oxygens (including phenoxy) is 1. The van der Waals surface area contributed by atoms with Crippen molar-refractivity contribution in [3.05, 3.63) is 23.2 Å². The standard InChI is InChI=1S/C12H17ClN2O4S/c1-8-7-19-10(6-16)5-15(8)20(17,18)12-3-2-9(14)4-11(12)13/h2-4,8,10,16H,5-7,14H2,1H3. The molecule has 1 heterocycles. The molecule has 0 aliphatic carbocycles. The van der Waals surface area contributed by atoms with Gasteiger partial charge in [0.05, 0.1) is 24.3 Å². The fourth-order valence-corrected chi connectivity index (χ4v) is 4.27.